The number of carbonyl (C=O) groups is 2. The Morgan fingerprint density at radius 1 is 1.10 bits per heavy atom. The zero-order valence-electron chi connectivity index (χ0n) is 17.8. The minimum atomic E-state index is -0.263. The average molecular weight is 405 g/mol. The fraction of sp³-hybridized carbons (Fsp3) is 0.292. The Kier molecular flexibility index (Phi) is 6.67. The fourth-order valence-corrected chi connectivity index (χ4v) is 3.24. The summed E-state index contributed by atoms with van der Waals surface area (Å²) in [6.07, 6.45) is 0. The zero-order chi connectivity index (χ0) is 21.7. The molecule has 0 aliphatic rings. The molecule has 0 unspecified atom stereocenters. The maximum atomic E-state index is 13.4. The molecule has 2 aromatic carbocycles. The zero-order valence-corrected chi connectivity index (χ0v) is 17.8. The Hall–Kier alpha value is -3.41. The number of nitrogens with one attached hydrogen (secondary N) is 1. The van der Waals surface area contributed by atoms with E-state index in [1.807, 2.05) is 51.1 Å². The number of aromatic nitrogens is 1. The molecule has 0 atom stereocenters. The highest BCUT2D eigenvalue weighted by molar-refractivity contribution is 6.07. The predicted octanol–water partition coefficient (Wildman–Crippen LogP) is 4.47. The Labute approximate surface area is 176 Å². The van der Waals surface area contributed by atoms with Crippen LogP contribution >= 0.6 is 0 Å². The van der Waals surface area contributed by atoms with Gasteiger partial charge in [0.15, 0.2) is 0 Å². The maximum Gasteiger partial charge on any atom is 0.255 e. The van der Waals surface area contributed by atoms with Gasteiger partial charge in [0.2, 0.25) is 5.91 Å². The first-order valence-corrected chi connectivity index (χ1v) is 10.1. The fourth-order valence-electron chi connectivity index (χ4n) is 3.24. The number of likely N-dealkylation sites (N-methyl/N-ethyl adjacent to an activating group) is 1. The summed E-state index contributed by atoms with van der Waals surface area (Å²) in [6.45, 7) is 6.33. The third-order valence-corrected chi connectivity index (χ3v) is 4.91. The molecule has 3 rings (SSSR count). The molecule has 2 amide bonds. The Balaban J connectivity index is 1.84. The van der Waals surface area contributed by atoms with Gasteiger partial charge in [-0.25, -0.2) is 0 Å². The molecule has 156 valence electrons. The van der Waals surface area contributed by atoms with Gasteiger partial charge in [-0.3, -0.25) is 14.6 Å². The van der Waals surface area contributed by atoms with E-state index in [0.717, 1.165) is 16.6 Å². The monoisotopic (exact) mass is 405 g/mol. The first kappa shape index (κ1) is 21.3. The lowest BCUT2D eigenvalue weighted by Gasteiger charge is -2.22. The van der Waals surface area contributed by atoms with E-state index in [0.29, 0.717) is 23.5 Å². The predicted molar refractivity (Wildman–Crippen MR) is 119 cm³/mol. The Morgan fingerprint density at radius 2 is 1.87 bits per heavy atom. The molecular formula is C24H27N3O3. The van der Waals surface area contributed by atoms with Gasteiger partial charge in [-0.2, -0.15) is 0 Å². The average Bonchev–Trinajstić information content (AvgIpc) is 2.76. The minimum absolute atomic E-state index is 0.0415. The van der Waals surface area contributed by atoms with Crippen molar-refractivity contribution < 1.29 is 14.3 Å². The van der Waals surface area contributed by atoms with Crippen LogP contribution in [-0.2, 0) is 4.79 Å². The van der Waals surface area contributed by atoms with E-state index in [2.05, 4.69) is 10.3 Å². The number of methoxy groups -OCH3 is 1. The summed E-state index contributed by atoms with van der Waals surface area (Å²) in [7, 11) is 1.57. The number of benzene rings is 2. The van der Waals surface area contributed by atoms with Gasteiger partial charge in [-0.15, -0.1) is 0 Å². The van der Waals surface area contributed by atoms with Crippen molar-refractivity contribution in [2.45, 2.75) is 26.7 Å². The van der Waals surface area contributed by atoms with E-state index in [4.69, 9.17) is 4.74 Å². The lowest BCUT2D eigenvalue weighted by molar-refractivity contribution is -0.116. The Morgan fingerprint density at radius 3 is 2.57 bits per heavy atom. The van der Waals surface area contributed by atoms with E-state index in [9.17, 15) is 9.59 Å². The van der Waals surface area contributed by atoms with Gasteiger partial charge in [0, 0.05) is 29.4 Å². The molecule has 0 bridgehead atoms. The summed E-state index contributed by atoms with van der Waals surface area (Å²) >= 11 is 0. The minimum Gasteiger partial charge on any atom is -0.497 e. The number of nitrogens with zero attached hydrogens (tertiary/aromatic N) is 2. The van der Waals surface area contributed by atoms with Gasteiger partial charge in [0.1, 0.15) is 12.3 Å². The summed E-state index contributed by atoms with van der Waals surface area (Å²) in [4.78, 5) is 32.2. The number of rotatable bonds is 7. The van der Waals surface area contributed by atoms with Crippen LogP contribution in [0.25, 0.3) is 10.9 Å². The standard InChI is InChI=1S/C24H27N3O3/c1-5-27(15-23(28)25-17-9-8-10-18(13-17)30-4)24(29)20-14-22(16(2)3)26-21-12-7-6-11-19(20)21/h6-14,16H,5,15H2,1-4H3,(H,25,28). The van der Waals surface area contributed by atoms with Crippen LogP contribution in [0.2, 0.25) is 0 Å². The lowest BCUT2D eigenvalue weighted by Crippen LogP contribution is -2.38. The lowest BCUT2D eigenvalue weighted by atomic mass is 10.0. The van der Waals surface area contributed by atoms with Gasteiger partial charge in [0.25, 0.3) is 5.91 Å². The van der Waals surface area contributed by atoms with E-state index in [1.54, 1.807) is 36.3 Å². The molecule has 6 nitrogen and oxygen atoms in total. The number of anilines is 1. The molecule has 0 saturated carbocycles. The van der Waals surface area contributed by atoms with Crippen LogP contribution in [0.5, 0.6) is 5.75 Å². The molecule has 0 fully saturated rings. The quantitative estimate of drug-likeness (QED) is 0.630. The number of para-hydroxylation sites is 1. The molecule has 6 heteroatoms. The van der Waals surface area contributed by atoms with Crippen molar-refractivity contribution in [2.75, 3.05) is 25.5 Å². The van der Waals surface area contributed by atoms with E-state index < -0.39 is 0 Å². The van der Waals surface area contributed by atoms with Gasteiger partial charge in [-0.05, 0) is 37.1 Å². The highest BCUT2D eigenvalue weighted by Crippen LogP contribution is 2.24. The molecule has 3 aromatic rings. The third-order valence-electron chi connectivity index (χ3n) is 4.91. The van der Waals surface area contributed by atoms with Crippen LogP contribution in [0.3, 0.4) is 0 Å². The van der Waals surface area contributed by atoms with Gasteiger partial charge < -0.3 is 15.0 Å². The van der Waals surface area contributed by atoms with Crippen LogP contribution in [0.4, 0.5) is 5.69 Å². The van der Waals surface area contributed by atoms with Crippen molar-refractivity contribution in [1.29, 1.82) is 0 Å². The maximum absolute atomic E-state index is 13.4. The molecule has 0 saturated heterocycles. The number of amides is 2. The van der Waals surface area contributed by atoms with E-state index >= 15 is 0 Å². The van der Waals surface area contributed by atoms with Crippen molar-refractivity contribution in [3.8, 4) is 5.75 Å². The second-order valence-corrected chi connectivity index (χ2v) is 7.37. The number of carbonyl (C=O) groups excluding carboxylic acids is 2. The van der Waals surface area contributed by atoms with Crippen molar-refractivity contribution in [1.82, 2.24) is 9.88 Å². The molecule has 0 aliphatic heterocycles. The molecular weight excluding hydrogens is 378 g/mol. The topological polar surface area (TPSA) is 71.5 Å². The van der Waals surface area contributed by atoms with Crippen molar-refractivity contribution >= 4 is 28.4 Å². The number of ether oxygens (including phenoxy) is 1. The largest absolute Gasteiger partial charge is 0.497 e. The van der Waals surface area contributed by atoms with Crippen molar-refractivity contribution in [3.63, 3.8) is 0 Å². The molecule has 0 spiro atoms. The third kappa shape index (κ3) is 4.76. The summed E-state index contributed by atoms with van der Waals surface area (Å²) in [5.74, 6) is 0.396. The van der Waals surface area contributed by atoms with Crippen molar-refractivity contribution in [3.05, 3.63) is 65.9 Å². The Bertz CT molecular complexity index is 1060. The van der Waals surface area contributed by atoms with Crippen molar-refractivity contribution in [2.24, 2.45) is 0 Å². The van der Waals surface area contributed by atoms with Crippen LogP contribution in [0.15, 0.2) is 54.6 Å². The van der Waals surface area contributed by atoms with Crippen LogP contribution in [0, 0.1) is 0 Å². The summed E-state index contributed by atoms with van der Waals surface area (Å²) in [5, 5.41) is 3.62. The molecule has 1 heterocycles. The van der Waals surface area contributed by atoms with Gasteiger partial charge in [-0.1, -0.05) is 38.1 Å². The summed E-state index contributed by atoms with van der Waals surface area (Å²) in [5.41, 5.74) is 2.83. The van der Waals surface area contributed by atoms with Crippen LogP contribution in [-0.4, -0.2) is 41.9 Å². The first-order valence-electron chi connectivity index (χ1n) is 10.1. The number of pyridine rings is 1. The molecule has 0 aliphatic carbocycles. The smallest absolute Gasteiger partial charge is 0.255 e. The molecule has 0 radical (unpaired) electrons. The number of fused-ring (bicyclic) bond motifs is 1. The molecule has 1 aromatic heterocycles. The van der Waals surface area contributed by atoms with Gasteiger partial charge >= 0.3 is 0 Å². The first-order chi connectivity index (χ1) is 14.4. The highest BCUT2D eigenvalue weighted by atomic mass is 16.5. The number of hydrogen-bond acceptors (Lipinski definition) is 4. The van der Waals surface area contributed by atoms with Crippen LogP contribution < -0.4 is 10.1 Å². The second-order valence-electron chi connectivity index (χ2n) is 7.37. The molecule has 1 N–H and O–H groups in total. The SMILES string of the molecule is CCN(CC(=O)Nc1cccc(OC)c1)C(=O)c1cc(C(C)C)nc2ccccc12. The highest BCUT2D eigenvalue weighted by Gasteiger charge is 2.21. The van der Waals surface area contributed by atoms with Gasteiger partial charge in [0.05, 0.1) is 18.2 Å². The number of hydrogen-bond donors (Lipinski definition) is 1. The summed E-state index contributed by atoms with van der Waals surface area (Å²) < 4.78 is 5.18. The van der Waals surface area contributed by atoms with E-state index in [1.165, 1.54) is 0 Å². The van der Waals surface area contributed by atoms with Crippen LogP contribution in [0.1, 0.15) is 42.7 Å². The summed E-state index contributed by atoms with van der Waals surface area (Å²) in [6, 6.07) is 16.6. The second kappa shape index (κ2) is 9.39. The normalized spacial score (nSPS) is 10.8. The molecule has 30 heavy (non-hydrogen) atoms. The van der Waals surface area contributed by atoms with E-state index in [-0.39, 0.29) is 24.3 Å².